The van der Waals surface area contributed by atoms with E-state index >= 15 is 0 Å². The highest BCUT2D eigenvalue weighted by Gasteiger charge is 2.10. The Labute approximate surface area is 82.7 Å². The van der Waals surface area contributed by atoms with Crippen LogP contribution in [0.25, 0.3) is 0 Å². The molecule has 0 saturated carbocycles. The van der Waals surface area contributed by atoms with E-state index in [1.54, 1.807) is 6.20 Å². The molecule has 4 heteroatoms. The summed E-state index contributed by atoms with van der Waals surface area (Å²) in [6.45, 7) is 4.88. The molecule has 3 nitrogen and oxygen atoms in total. The Morgan fingerprint density at radius 2 is 2.54 bits per heavy atom. The third-order valence-electron chi connectivity index (χ3n) is 1.66. The summed E-state index contributed by atoms with van der Waals surface area (Å²) in [5.74, 6) is 5.95. The zero-order valence-corrected chi connectivity index (χ0v) is 8.69. The van der Waals surface area contributed by atoms with Crippen molar-refractivity contribution in [3.8, 4) is 11.8 Å². The van der Waals surface area contributed by atoms with Gasteiger partial charge in [-0.2, -0.15) is 0 Å². The summed E-state index contributed by atoms with van der Waals surface area (Å²) in [5.41, 5.74) is 0. The van der Waals surface area contributed by atoms with Crippen LogP contribution in [-0.2, 0) is 0 Å². The van der Waals surface area contributed by atoms with Crippen molar-refractivity contribution in [2.75, 3.05) is 6.54 Å². The van der Waals surface area contributed by atoms with Gasteiger partial charge >= 0.3 is 0 Å². The lowest BCUT2D eigenvalue weighted by molar-refractivity contribution is 0.573. The van der Waals surface area contributed by atoms with Crippen LogP contribution in [-0.4, -0.2) is 16.1 Å². The highest BCUT2D eigenvalue weighted by molar-refractivity contribution is 7.05. The van der Waals surface area contributed by atoms with E-state index in [1.165, 1.54) is 11.5 Å². The third kappa shape index (κ3) is 3.13. The van der Waals surface area contributed by atoms with Crippen LogP contribution < -0.4 is 5.32 Å². The summed E-state index contributed by atoms with van der Waals surface area (Å²) in [5, 5.41) is 7.16. The largest absolute Gasteiger partial charge is 0.309 e. The SMILES string of the molecule is CC#CCC(NCC)c1cnns1. The smallest absolute Gasteiger partial charge is 0.0669 e. The van der Waals surface area contributed by atoms with E-state index < -0.39 is 0 Å². The monoisotopic (exact) mass is 195 g/mol. The van der Waals surface area contributed by atoms with Gasteiger partial charge in [-0.3, -0.25) is 0 Å². The van der Waals surface area contributed by atoms with E-state index in [1.807, 2.05) is 6.92 Å². The molecule has 13 heavy (non-hydrogen) atoms. The standard InChI is InChI=1S/C9H13N3S/c1-3-5-6-8(10-4-2)9-7-11-12-13-9/h7-8,10H,4,6H2,1-2H3. The van der Waals surface area contributed by atoms with E-state index in [0.29, 0.717) is 0 Å². The molecule has 1 aromatic heterocycles. The minimum Gasteiger partial charge on any atom is -0.309 e. The summed E-state index contributed by atoms with van der Waals surface area (Å²) in [6.07, 6.45) is 2.63. The van der Waals surface area contributed by atoms with Crippen molar-refractivity contribution in [2.45, 2.75) is 26.3 Å². The second-order valence-corrected chi connectivity index (χ2v) is 3.38. The average Bonchev–Trinajstić information content (AvgIpc) is 2.65. The normalized spacial score (nSPS) is 11.8. The fourth-order valence-corrected chi connectivity index (χ4v) is 1.63. The number of hydrogen-bond acceptors (Lipinski definition) is 4. The van der Waals surface area contributed by atoms with Crippen LogP contribution in [0.15, 0.2) is 6.20 Å². The van der Waals surface area contributed by atoms with E-state index in [9.17, 15) is 0 Å². The van der Waals surface area contributed by atoms with Crippen molar-refractivity contribution >= 4 is 11.5 Å². The molecule has 0 aliphatic heterocycles. The Morgan fingerprint density at radius 1 is 1.69 bits per heavy atom. The van der Waals surface area contributed by atoms with Gasteiger partial charge in [0, 0.05) is 6.42 Å². The van der Waals surface area contributed by atoms with Gasteiger partial charge < -0.3 is 5.32 Å². The van der Waals surface area contributed by atoms with E-state index in [0.717, 1.165) is 17.8 Å². The molecule has 0 aliphatic rings. The molecule has 0 fully saturated rings. The van der Waals surface area contributed by atoms with Crippen LogP contribution in [0.4, 0.5) is 0 Å². The predicted octanol–water partition coefficient (Wildman–Crippen LogP) is 1.60. The first-order valence-corrected chi connectivity index (χ1v) is 5.06. The molecule has 1 unspecified atom stereocenters. The minimum atomic E-state index is 0.289. The molecular weight excluding hydrogens is 182 g/mol. The van der Waals surface area contributed by atoms with Gasteiger partial charge in [0.25, 0.3) is 0 Å². The number of nitrogens with zero attached hydrogens (tertiary/aromatic N) is 2. The van der Waals surface area contributed by atoms with Crippen molar-refractivity contribution in [2.24, 2.45) is 0 Å². The maximum atomic E-state index is 3.84. The molecule has 1 atom stereocenters. The first-order valence-electron chi connectivity index (χ1n) is 4.28. The van der Waals surface area contributed by atoms with Crippen LogP contribution in [0, 0.1) is 11.8 Å². The lowest BCUT2D eigenvalue weighted by Crippen LogP contribution is -2.19. The second kappa shape index (κ2) is 5.68. The van der Waals surface area contributed by atoms with Crippen LogP contribution in [0.1, 0.15) is 31.2 Å². The first-order chi connectivity index (χ1) is 6.38. The van der Waals surface area contributed by atoms with Gasteiger partial charge in [-0.1, -0.05) is 11.4 Å². The molecule has 0 amide bonds. The Kier molecular flexibility index (Phi) is 4.44. The van der Waals surface area contributed by atoms with Crippen molar-refractivity contribution in [3.63, 3.8) is 0 Å². The maximum Gasteiger partial charge on any atom is 0.0669 e. The Bertz CT molecular complexity index is 284. The van der Waals surface area contributed by atoms with E-state index in [4.69, 9.17) is 0 Å². The number of rotatable bonds is 4. The first kappa shape index (κ1) is 10.2. The molecule has 1 N–H and O–H groups in total. The van der Waals surface area contributed by atoms with Crippen molar-refractivity contribution in [3.05, 3.63) is 11.1 Å². The van der Waals surface area contributed by atoms with Gasteiger partial charge in [-0.25, -0.2) is 0 Å². The van der Waals surface area contributed by atoms with Gasteiger partial charge in [0.1, 0.15) is 0 Å². The maximum absolute atomic E-state index is 3.84. The number of nitrogens with one attached hydrogen (secondary N) is 1. The highest BCUT2D eigenvalue weighted by Crippen LogP contribution is 2.17. The topological polar surface area (TPSA) is 37.8 Å². The number of hydrogen-bond donors (Lipinski definition) is 1. The van der Waals surface area contributed by atoms with Crippen LogP contribution in [0.5, 0.6) is 0 Å². The third-order valence-corrected chi connectivity index (χ3v) is 2.43. The summed E-state index contributed by atoms with van der Waals surface area (Å²) >= 11 is 1.43. The summed E-state index contributed by atoms with van der Waals surface area (Å²) in [4.78, 5) is 1.16. The van der Waals surface area contributed by atoms with Gasteiger partial charge in [0.15, 0.2) is 0 Å². The molecule has 1 heterocycles. The fraction of sp³-hybridized carbons (Fsp3) is 0.556. The molecule has 1 rings (SSSR count). The van der Waals surface area contributed by atoms with Crippen LogP contribution in [0.2, 0.25) is 0 Å². The molecule has 0 spiro atoms. The second-order valence-electron chi connectivity index (χ2n) is 2.56. The fourth-order valence-electron chi connectivity index (χ4n) is 1.05. The van der Waals surface area contributed by atoms with Gasteiger partial charge in [0.2, 0.25) is 0 Å². The summed E-state index contributed by atoms with van der Waals surface area (Å²) in [7, 11) is 0. The lowest BCUT2D eigenvalue weighted by atomic mass is 10.2. The zero-order valence-electron chi connectivity index (χ0n) is 7.87. The van der Waals surface area contributed by atoms with Crippen LogP contribution >= 0.6 is 11.5 Å². The lowest BCUT2D eigenvalue weighted by Gasteiger charge is -2.11. The minimum absolute atomic E-state index is 0.289. The zero-order chi connectivity index (χ0) is 9.52. The van der Waals surface area contributed by atoms with E-state index in [-0.39, 0.29) is 6.04 Å². The molecule has 70 valence electrons. The van der Waals surface area contributed by atoms with Crippen LogP contribution in [0.3, 0.4) is 0 Å². The van der Waals surface area contributed by atoms with Crippen molar-refractivity contribution in [1.82, 2.24) is 14.9 Å². The summed E-state index contributed by atoms with van der Waals surface area (Å²) < 4.78 is 3.84. The van der Waals surface area contributed by atoms with Crippen molar-refractivity contribution < 1.29 is 0 Å². The Balaban J connectivity index is 2.60. The molecule has 1 aromatic rings. The summed E-state index contributed by atoms with van der Waals surface area (Å²) in [6, 6.07) is 0.289. The van der Waals surface area contributed by atoms with Gasteiger partial charge in [0.05, 0.1) is 17.1 Å². The van der Waals surface area contributed by atoms with Gasteiger partial charge in [-0.05, 0) is 25.0 Å². The molecule has 0 saturated heterocycles. The molecule has 0 radical (unpaired) electrons. The predicted molar refractivity (Wildman–Crippen MR) is 54.4 cm³/mol. The number of aromatic nitrogens is 2. The molecular formula is C9H13N3S. The van der Waals surface area contributed by atoms with Gasteiger partial charge in [-0.15, -0.1) is 16.9 Å². The quantitative estimate of drug-likeness (QED) is 0.742. The average molecular weight is 195 g/mol. The molecule has 0 aliphatic carbocycles. The van der Waals surface area contributed by atoms with Crippen molar-refractivity contribution in [1.29, 1.82) is 0 Å². The Hall–Kier alpha value is -0.920. The highest BCUT2D eigenvalue weighted by atomic mass is 32.1. The Morgan fingerprint density at radius 3 is 3.08 bits per heavy atom. The van der Waals surface area contributed by atoms with E-state index in [2.05, 4.69) is 33.7 Å². The molecule has 0 aromatic carbocycles. The molecule has 0 bridgehead atoms.